The number of nitrogens with zero attached hydrogens (tertiary/aromatic N) is 2. The van der Waals surface area contributed by atoms with E-state index >= 15 is 0 Å². The van der Waals surface area contributed by atoms with E-state index in [1.165, 1.54) is 76.7 Å². The third kappa shape index (κ3) is 2.71. The molecule has 39 heavy (non-hydrogen) atoms. The van der Waals surface area contributed by atoms with Gasteiger partial charge in [0, 0.05) is 37.6 Å². The second kappa shape index (κ2) is 7.63. The Morgan fingerprint density at radius 3 is 1.95 bits per heavy atom. The molecule has 0 aliphatic rings. The summed E-state index contributed by atoms with van der Waals surface area (Å²) < 4.78 is 4.91. The average Bonchev–Trinajstić information content (AvgIpc) is 3.47. The van der Waals surface area contributed by atoms with Crippen LogP contribution in [0.3, 0.4) is 0 Å². The van der Waals surface area contributed by atoms with E-state index in [9.17, 15) is 0 Å². The van der Waals surface area contributed by atoms with Gasteiger partial charge in [-0.05, 0) is 65.0 Å². The molecule has 0 spiro atoms. The molecule has 9 aromatic rings. The number of hydrogen-bond donors (Lipinski definition) is 0. The quantitative estimate of drug-likeness (QED) is 0.216. The van der Waals surface area contributed by atoms with E-state index in [1.807, 2.05) is 12.1 Å². The maximum atomic E-state index is 6.28. The minimum Gasteiger partial charge on any atom is -0.309 e. The maximum Gasteiger partial charge on any atom is 0.0626 e. The highest BCUT2D eigenvalue weighted by molar-refractivity contribution is 6.33. The van der Waals surface area contributed by atoms with Gasteiger partial charge in [-0.1, -0.05) is 90.5 Å². The molecule has 0 aliphatic heterocycles. The molecule has 0 aliphatic carbocycles. The molecule has 0 unspecified atom stereocenters. The first-order valence-electron chi connectivity index (χ1n) is 13.2. The molecule has 2 nitrogen and oxygen atoms in total. The van der Waals surface area contributed by atoms with Gasteiger partial charge in [0.1, 0.15) is 0 Å². The highest BCUT2D eigenvalue weighted by Gasteiger charge is 2.23. The van der Waals surface area contributed by atoms with Crippen LogP contribution in [-0.4, -0.2) is 8.97 Å². The Balaban J connectivity index is 1.60. The highest BCUT2D eigenvalue weighted by Crippen LogP contribution is 2.46. The van der Waals surface area contributed by atoms with Gasteiger partial charge < -0.3 is 8.97 Å². The van der Waals surface area contributed by atoms with Crippen LogP contribution in [0.2, 0.25) is 5.02 Å². The number of halogens is 1. The van der Waals surface area contributed by atoms with Gasteiger partial charge in [0.05, 0.1) is 27.6 Å². The summed E-state index contributed by atoms with van der Waals surface area (Å²) in [5.41, 5.74) is 9.71. The van der Waals surface area contributed by atoms with E-state index in [-0.39, 0.29) is 0 Å². The van der Waals surface area contributed by atoms with Crippen molar-refractivity contribution < 1.29 is 0 Å². The molecule has 0 fully saturated rings. The molecule has 6 aromatic carbocycles. The first kappa shape index (κ1) is 21.2. The van der Waals surface area contributed by atoms with E-state index in [0.29, 0.717) is 0 Å². The van der Waals surface area contributed by atoms with E-state index in [2.05, 4.69) is 124 Å². The summed E-state index contributed by atoms with van der Waals surface area (Å²) in [6.45, 7) is 0. The lowest BCUT2D eigenvalue weighted by Gasteiger charge is -2.10. The average molecular weight is 517 g/mol. The molecular formula is C36H21ClN2. The minimum absolute atomic E-state index is 0.750. The number of aromatic nitrogens is 2. The van der Waals surface area contributed by atoms with Crippen molar-refractivity contribution in [3.63, 3.8) is 0 Å². The van der Waals surface area contributed by atoms with E-state index in [4.69, 9.17) is 11.6 Å². The largest absolute Gasteiger partial charge is 0.309 e. The van der Waals surface area contributed by atoms with Gasteiger partial charge in [-0.15, -0.1) is 0 Å². The summed E-state index contributed by atoms with van der Waals surface area (Å²) in [6, 6.07) is 45.8. The Morgan fingerprint density at radius 1 is 0.436 bits per heavy atom. The molecule has 0 atom stereocenters. The highest BCUT2D eigenvalue weighted by atomic mass is 35.5. The maximum absolute atomic E-state index is 6.28. The van der Waals surface area contributed by atoms with Crippen molar-refractivity contribution in [2.45, 2.75) is 0 Å². The van der Waals surface area contributed by atoms with Crippen molar-refractivity contribution in [1.29, 1.82) is 0 Å². The van der Waals surface area contributed by atoms with Crippen molar-refractivity contribution in [2.24, 2.45) is 0 Å². The van der Waals surface area contributed by atoms with Crippen molar-refractivity contribution in [3.05, 3.63) is 132 Å². The number of rotatable bonds is 2. The fourth-order valence-corrected chi connectivity index (χ4v) is 6.92. The van der Waals surface area contributed by atoms with Gasteiger partial charge in [-0.2, -0.15) is 0 Å². The van der Waals surface area contributed by atoms with Crippen LogP contribution in [0, 0.1) is 0 Å². The molecule has 0 radical (unpaired) electrons. The molecule has 3 heteroatoms. The van der Waals surface area contributed by atoms with Crippen LogP contribution < -0.4 is 0 Å². The molecule has 0 amide bonds. The predicted octanol–water partition coefficient (Wildman–Crippen LogP) is 10.3. The molecule has 0 saturated carbocycles. The third-order valence-electron chi connectivity index (χ3n) is 8.31. The van der Waals surface area contributed by atoms with Crippen LogP contribution in [0.1, 0.15) is 0 Å². The summed E-state index contributed by atoms with van der Waals surface area (Å²) in [6.07, 6.45) is 0. The number of para-hydroxylation sites is 2. The molecule has 3 aromatic heterocycles. The second-order valence-electron chi connectivity index (χ2n) is 10.3. The summed E-state index contributed by atoms with van der Waals surface area (Å²) in [7, 11) is 0. The van der Waals surface area contributed by atoms with Gasteiger partial charge >= 0.3 is 0 Å². The lowest BCUT2D eigenvalue weighted by molar-refractivity contribution is 1.18. The van der Waals surface area contributed by atoms with Gasteiger partial charge in [0.25, 0.3) is 0 Å². The van der Waals surface area contributed by atoms with Crippen LogP contribution in [-0.2, 0) is 0 Å². The standard InChI is InChI=1S/C36H21ClN2/c37-23-18-16-22(17-19-23)25-20-21-27-26-11-6-13-30-34(26)35-31(38(30)24-8-2-1-3-9-24)14-7-15-32(35)39-29-12-5-4-10-28(29)33(25)36(27)39/h1-21H. The normalized spacial score (nSPS) is 12.2. The Labute approximate surface area is 229 Å². The van der Waals surface area contributed by atoms with Crippen molar-refractivity contribution in [2.75, 3.05) is 0 Å². The predicted molar refractivity (Wildman–Crippen MR) is 166 cm³/mol. The van der Waals surface area contributed by atoms with Gasteiger partial charge in [0.2, 0.25) is 0 Å². The van der Waals surface area contributed by atoms with Crippen molar-refractivity contribution >= 4 is 71.5 Å². The summed E-state index contributed by atoms with van der Waals surface area (Å²) in [5.74, 6) is 0. The molecular weight excluding hydrogens is 496 g/mol. The van der Waals surface area contributed by atoms with Gasteiger partial charge in [-0.3, -0.25) is 0 Å². The van der Waals surface area contributed by atoms with Crippen LogP contribution in [0.15, 0.2) is 127 Å². The summed E-state index contributed by atoms with van der Waals surface area (Å²) in [4.78, 5) is 0. The molecule has 0 saturated heterocycles. The zero-order chi connectivity index (χ0) is 25.7. The first-order chi connectivity index (χ1) is 19.3. The smallest absolute Gasteiger partial charge is 0.0626 e. The second-order valence-corrected chi connectivity index (χ2v) is 10.7. The van der Waals surface area contributed by atoms with Crippen LogP contribution in [0.4, 0.5) is 0 Å². The minimum atomic E-state index is 0.750. The van der Waals surface area contributed by atoms with Crippen molar-refractivity contribution in [3.8, 4) is 16.8 Å². The van der Waals surface area contributed by atoms with Crippen molar-refractivity contribution in [1.82, 2.24) is 8.97 Å². The summed E-state index contributed by atoms with van der Waals surface area (Å²) >= 11 is 6.28. The Hall–Kier alpha value is -4.79. The van der Waals surface area contributed by atoms with E-state index in [0.717, 1.165) is 5.02 Å². The van der Waals surface area contributed by atoms with Crippen LogP contribution in [0.5, 0.6) is 0 Å². The molecule has 3 heterocycles. The topological polar surface area (TPSA) is 9.34 Å². The number of fused-ring (bicyclic) bond motifs is 5. The monoisotopic (exact) mass is 516 g/mol. The fraction of sp³-hybridized carbons (Fsp3) is 0. The SMILES string of the molecule is Clc1ccc(-c2ccc3c4cccc5c4c4c(cccc4n4c6ccccc6c2c34)n5-c2ccccc2)cc1. The van der Waals surface area contributed by atoms with E-state index < -0.39 is 0 Å². The lowest BCUT2D eigenvalue weighted by atomic mass is 9.96. The molecule has 182 valence electrons. The van der Waals surface area contributed by atoms with Crippen LogP contribution >= 0.6 is 11.6 Å². The third-order valence-corrected chi connectivity index (χ3v) is 8.56. The number of benzene rings is 6. The molecule has 0 bridgehead atoms. The molecule has 9 rings (SSSR count). The number of hydrogen-bond acceptors (Lipinski definition) is 0. The first-order valence-corrected chi connectivity index (χ1v) is 13.6. The summed E-state index contributed by atoms with van der Waals surface area (Å²) in [5, 5.41) is 8.41. The Morgan fingerprint density at radius 2 is 1.10 bits per heavy atom. The fourth-order valence-electron chi connectivity index (χ4n) is 6.79. The Bertz CT molecular complexity index is 2370. The van der Waals surface area contributed by atoms with E-state index in [1.54, 1.807) is 0 Å². The Kier molecular flexibility index (Phi) is 4.14. The zero-order valence-electron chi connectivity index (χ0n) is 20.9. The zero-order valence-corrected chi connectivity index (χ0v) is 21.7. The van der Waals surface area contributed by atoms with Crippen LogP contribution in [0.25, 0.3) is 76.7 Å². The van der Waals surface area contributed by atoms with Gasteiger partial charge in [-0.25, -0.2) is 0 Å². The van der Waals surface area contributed by atoms with Gasteiger partial charge in [0.15, 0.2) is 0 Å². The lowest BCUT2D eigenvalue weighted by Crippen LogP contribution is -1.93. The molecule has 0 N–H and O–H groups in total.